The van der Waals surface area contributed by atoms with Crippen molar-refractivity contribution in [1.82, 2.24) is 10.4 Å². The lowest BCUT2D eigenvalue weighted by molar-refractivity contribution is -0.118. The number of benzene rings is 3. The second kappa shape index (κ2) is 11.0. The van der Waals surface area contributed by atoms with E-state index in [1.807, 2.05) is 54.6 Å². The van der Waals surface area contributed by atoms with Crippen molar-refractivity contribution in [2.75, 3.05) is 12.9 Å². The molecule has 1 N–H and O–H groups in total. The van der Waals surface area contributed by atoms with Crippen molar-refractivity contribution in [3.8, 4) is 11.5 Å². The molecule has 3 aromatic carbocycles. The minimum atomic E-state index is -0.194. The third-order valence-electron chi connectivity index (χ3n) is 4.71. The van der Waals surface area contributed by atoms with Crippen LogP contribution in [0.2, 0.25) is 0 Å². The molecule has 1 aromatic heterocycles. The van der Waals surface area contributed by atoms with Crippen LogP contribution in [-0.2, 0) is 11.4 Å². The summed E-state index contributed by atoms with van der Waals surface area (Å²) in [5.41, 5.74) is 6.58. The molecule has 4 rings (SSSR count). The van der Waals surface area contributed by atoms with Crippen molar-refractivity contribution in [3.05, 3.63) is 83.4 Å². The Kier molecular flexibility index (Phi) is 7.59. The number of thiazole rings is 1. The molecule has 0 aliphatic carbocycles. The molecule has 6 nitrogen and oxygen atoms in total. The van der Waals surface area contributed by atoms with Gasteiger partial charge in [0.15, 0.2) is 15.8 Å². The number of methoxy groups -OCH3 is 1. The van der Waals surface area contributed by atoms with Crippen molar-refractivity contribution in [2.45, 2.75) is 17.9 Å². The second-order valence-corrected chi connectivity index (χ2v) is 9.47. The summed E-state index contributed by atoms with van der Waals surface area (Å²) in [7, 11) is 1.59. The molecule has 0 saturated heterocycles. The number of aryl methyl sites for hydroxylation is 1. The molecule has 0 aliphatic heterocycles. The number of thioether (sulfide) groups is 1. The van der Waals surface area contributed by atoms with Crippen LogP contribution in [-0.4, -0.2) is 30.0 Å². The van der Waals surface area contributed by atoms with E-state index in [4.69, 9.17) is 9.47 Å². The normalized spacial score (nSPS) is 11.1. The Morgan fingerprint density at radius 1 is 1.12 bits per heavy atom. The molecule has 0 atom stereocenters. The fraction of sp³-hybridized carbons (Fsp3) is 0.160. The van der Waals surface area contributed by atoms with Gasteiger partial charge in [-0.15, -0.1) is 11.3 Å². The highest BCUT2D eigenvalue weighted by molar-refractivity contribution is 8.01. The van der Waals surface area contributed by atoms with Crippen LogP contribution in [0, 0.1) is 6.92 Å². The zero-order chi connectivity index (χ0) is 23.0. The molecular weight excluding hydrogens is 454 g/mol. The van der Waals surface area contributed by atoms with Gasteiger partial charge in [-0.25, -0.2) is 10.4 Å². The Morgan fingerprint density at radius 3 is 2.73 bits per heavy atom. The van der Waals surface area contributed by atoms with Crippen LogP contribution in [0.1, 0.15) is 16.7 Å². The molecule has 33 heavy (non-hydrogen) atoms. The van der Waals surface area contributed by atoms with Gasteiger partial charge in [-0.2, -0.15) is 5.10 Å². The molecular formula is C25H23N3O3S2. The quantitative estimate of drug-likeness (QED) is 0.198. The molecule has 168 valence electrons. The van der Waals surface area contributed by atoms with E-state index in [1.165, 1.54) is 17.3 Å². The number of ether oxygens (including phenoxy) is 2. The molecule has 0 fully saturated rings. The maximum Gasteiger partial charge on any atom is 0.250 e. The van der Waals surface area contributed by atoms with Gasteiger partial charge < -0.3 is 9.47 Å². The number of aromatic nitrogens is 1. The minimum Gasteiger partial charge on any atom is -0.493 e. The van der Waals surface area contributed by atoms with Crippen molar-refractivity contribution >= 4 is 45.4 Å². The Labute approximate surface area is 200 Å². The van der Waals surface area contributed by atoms with Crippen molar-refractivity contribution in [2.24, 2.45) is 5.10 Å². The smallest absolute Gasteiger partial charge is 0.250 e. The average molecular weight is 478 g/mol. The van der Waals surface area contributed by atoms with Gasteiger partial charge in [0.25, 0.3) is 5.91 Å². The third kappa shape index (κ3) is 6.34. The summed E-state index contributed by atoms with van der Waals surface area (Å²) in [4.78, 5) is 16.6. The largest absolute Gasteiger partial charge is 0.493 e. The van der Waals surface area contributed by atoms with Gasteiger partial charge >= 0.3 is 0 Å². The number of rotatable bonds is 9. The predicted octanol–water partition coefficient (Wildman–Crippen LogP) is 5.43. The highest BCUT2D eigenvalue weighted by atomic mass is 32.2. The summed E-state index contributed by atoms with van der Waals surface area (Å²) in [6.07, 6.45) is 1.58. The molecule has 0 saturated carbocycles. The monoisotopic (exact) mass is 477 g/mol. The fourth-order valence-corrected chi connectivity index (χ4v) is 4.84. The molecule has 0 spiro atoms. The van der Waals surface area contributed by atoms with E-state index in [1.54, 1.807) is 24.7 Å². The van der Waals surface area contributed by atoms with Crippen molar-refractivity contribution < 1.29 is 14.3 Å². The molecule has 4 aromatic rings. The van der Waals surface area contributed by atoms with Gasteiger partial charge in [0, 0.05) is 0 Å². The van der Waals surface area contributed by atoms with Crippen molar-refractivity contribution in [3.63, 3.8) is 0 Å². The lowest BCUT2D eigenvalue weighted by Gasteiger charge is -2.11. The molecule has 0 unspecified atom stereocenters. The first-order valence-corrected chi connectivity index (χ1v) is 12.1. The first kappa shape index (κ1) is 22.8. The number of amides is 1. The van der Waals surface area contributed by atoms with Crippen LogP contribution in [0.25, 0.3) is 10.2 Å². The summed E-state index contributed by atoms with van der Waals surface area (Å²) in [6.45, 7) is 2.50. The van der Waals surface area contributed by atoms with Gasteiger partial charge in [-0.1, -0.05) is 53.7 Å². The lowest BCUT2D eigenvalue weighted by atomic mass is 10.2. The molecule has 1 heterocycles. The van der Waals surface area contributed by atoms with Crippen LogP contribution in [0.3, 0.4) is 0 Å². The van der Waals surface area contributed by atoms with E-state index in [0.717, 1.165) is 25.7 Å². The summed E-state index contributed by atoms with van der Waals surface area (Å²) >= 11 is 2.97. The van der Waals surface area contributed by atoms with Gasteiger partial charge in [0.05, 0.1) is 29.3 Å². The maximum absolute atomic E-state index is 12.1. The van der Waals surface area contributed by atoms with E-state index >= 15 is 0 Å². The molecule has 0 aliphatic rings. The Morgan fingerprint density at radius 2 is 1.94 bits per heavy atom. The van der Waals surface area contributed by atoms with Crippen LogP contribution >= 0.6 is 23.1 Å². The number of hydrogen-bond acceptors (Lipinski definition) is 7. The number of nitrogens with zero attached hydrogens (tertiary/aromatic N) is 2. The van der Waals surface area contributed by atoms with Crippen LogP contribution in [0.4, 0.5) is 0 Å². The third-order valence-corrected chi connectivity index (χ3v) is 6.89. The number of para-hydroxylation sites is 1. The first-order chi connectivity index (χ1) is 16.1. The summed E-state index contributed by atoms with van der Waals surface area (Å²) in [6, 6.07) is 21.6. The zero-order valence-electron chi connectivity index (χ0n) is 18.3. The first-order valence-electron chi connectivity index (χ1n) is 10.3. The number of fused-ring (bicyclic) bond motifs is 1. The van der Waals surface area contributed by atoms with E-state index in [-0.39, 0.29) is 11.7 Å². The number of hydrazone groups is 1. The van der Waals surface area contributed by atoms with Crippen LogP contribution < -0.4 is 14.9 Å². The van der Waals surface area contributed by atoms with E-state index in [2.05, 4.69) is 34.6 Å². The highest BCUT2D eigenvalue weighted by Gasteiger charge is 2.08. The fourth-order valence-electron chi connectivity index (χ4n) is 2.98. The summed E-state index contributed by atoms with van der Waals surface area (Å²) in [5, 5.41) is 4.05. The standard InChI is InChI=1S/C25H23N3O3S2/c1-17-7-9-18(10-8-17)15-31-21-12-11-19(13-22(21)30-2)14-26-28-24(29)16-32-25-27-20-5-3-4-6-23(20)33-25/h3-14H,15-16H2,1-2H3,(H,28,29)/b26-14+. The number of nitrogens with one attached hydrogen (secondary N) is 1. The van der Waals surface area contributed by atoms with Gasteiger partial charge in [0.1, 0.15) is 6.61 Å². The Hall–Kier alpha value is -3.36. The molecule has 1 amide bonds. The van der Waals surface area contributed by atoms with Gasteiger partial charge in [0.2, 0.25) is 0 Å². The number of carbonyl (C=O) groups excluding carboxylic acids is 1. The predicted molar refractivity (Wildman–Crippen MR) is 135 cm³/mol. The number of carbonyl (C=O) groups is 1. The maximum atomic E-state index is 12.1. The minimum absolute atomic E-state index is 0.194. The van der Waals surface area contributed by atoms with E-state index in [9.17, 15) is 4.79 Å². The zero-order valence-corrected chi connectivity index (χ0v) is 19.9. The van der Waals surface area contributed by atoms with Crippen LogP contribution in [0.15, 0.2) is 76.2 Å². The van der Waals surface area contributed by atoms with Crippen molar-refractivity contribution in [1.29, 1.82) is 0 Å². The lowest BCUT2D eigenvalue weighted by Crippen LogP contribution is -2.19. The second-order valence-electron chi connectivity index (χ2n) is 7.21. The topological polar surface area (TPSA) is 72.8 Å². The highest BCUT2D eigenvalue weighted by Crippen LogP contribution is 2.29. The van der Waals surface area contributed by atoms with E-state index in [0.29, 0.717) is 18.1 Å². The molecule has 8 heteroatoms. The summed E-state index contributed by atoms with van der Waals surface area (Å²) in [5.74, 6) is 1.29. The molecule has 0 radical (unpaired) electrons. The van der Waals surface area contributed by atoms with Gasteiger partial charge in [-0.3, -0.25) is 4.79 Å². The van der Waals surface area contributed by atoms with E-state index < -0.39 is 0 Å². The Bertz CT molecular complexity index is 1240. The Balaban J connectivity index is 1.28. The summed E-state index contributed by atoms with van der Waals surface area (Å²) < 4.78 is 13.3. The average Bonchev–Trinajstić information content (AvgIpc) is 3.26. The van der Waals surface area contributed by atoms with Crippen LogP contribution in [0.5, 0.6) is 11.5 Å². The van der Waals surface area contributed by atoms with Gasteiger partial charge in [-0.05, 0) is 48.4 Å². The SMILES string of the molecule is COc1cc(/C=N/NC(=O)CSc2nc3ccccc3s2)ccc1OCc1ccc(C)cc1. The number of hydrogen-bond donors (Lipinski definition) is 1. The molecule has 0 bridgehead atoms.